The van der Waals surface area contributed by atoms with Crippen LogP contribution in [0.25, 0.3) is 11.4 Å². The van der Waals surface area contributed by atoms with Gasteiger partial charge in [-0.15, -0.1) is 10.2 Å². The summed E-state index contributed by atoms with van der Waals surface area (Å²) in [6.45, 7) is 3.26. The van der Waals surface area contributed by atoms with Gasteiger partial charge in [0.1, 0.15) is 0 Å². The van der Waals surface area contributed by atoms with Crippen LogP contribution in [-0.2, 0) is 4.74 Å². The van der Waals surface area contributed by atoms with Crippen molar-refractivity contribution in [3.63, 3.8) is 0 Å². The highest BCUT2D eigenvalue weighted by molar-refractivity contribution is 6.04. The number of carbonyl (C=O) groups excluding carboxylic acids is 1. The van der Waals surface area contributed by atoms with E-state index in [1.54, 1.807) is 18.2 Å². The quantitative estimate of drug-likeness (QED) is 0.747. The monoisotopic (exact) mass is 350 g/mol. The van der Waals surface area contributed by atoms with E-state index in [2.05, 4.69) is 30.8 Å². The fourth-order valence-corrected chi connectivity index (χ4v) is 2.86. The molecule has 1 saturated heterocycles. The molecule has 0 bridgehead atoms. The van der Waals surface area contributed by atoms with Gasteiger partial charge in [-0.05, 0) is 41.6 Å². The summed E-state index contributed by atoms with van der Waals surface area (Å²) in [5.41, 5.74) is 3.14. The molecule has 3 aromatic rings. The number of nitrogens with zero attached hydrogens (tertiary/aromatic N) is 4. The van der Waals surface area contributed by atoms with Crippen molar-refractivity contribution in [3.05, 3.63) is 54.1 Å². The number of benzene rings is 2. The molecule has 0 unspecified atom stereocenters. The van der Waals surface area contributed by atoms with Gasteiger partial charge in [-0.2, -0.15) is 5.21 Å². The average Bonchev–Trinajstić information content (AvgIpc) is 3.24. The Bertz CT molecular complexity index is 873. The van der Waals surface area contributed by atoms with Gasteiger partial charge in [-0.1, -0.05) is 12.1 Å². The fourth-order valence-electron chi connectivity index (χ4n) is 2.86. The highest BCUT2D eigenvalue weighted by atomic mass is 16.5. The Morgan fingerprint density at radius 1 is 1.12 bits per heavy atom. The van der Waals surface area contributed by atoms with Gasteiger partial charge in [0.25, 0.3) is 5.91 Å². The van der Waals surface area contributed by atoms with E-state index >= 15 is 0 Å². The Hall–Kier alpha value is -3.26. The third kappa shape index (κ3) is 3.55. The van der Waals surface area contributed by atoms with Crippen LogP contribution in [0, 0.1) is 0 Å². The molecular formula is C18H18N6O2. The molecule has 0 aliphatic carbocycles. The molecule has 1 amide bonds. The Morgan fingerprint density at radius 3 is 2.65 bits per heavy atom. The van der Waals surface area contributed by atoms with Crippen molar-refractivity contribution in [1.29, 1.82) is 0 Å². The van der Waals surface area contributed by atoms with Crippen LogP contribution in [0.1, 0.15) is 10.4 Å². The van der Waals surface area contributed by atoms with E-state index < -0.39 is 0 Å². The molecule has 4 rings (SSSR count). The predicted octanol–water partition coefficient (Wildman–Crippen LogP) is 1.96. The largest absolute Gasteiger partial charge is 0.378 e. The second kappa shape index (κ2) is 7.32. The molecule has 0 radical (unpaired) electrons. The molecular weight excluding hydrogens is 332 g/mol. The number of rotatable bonds is 4. The number of amides is 1. The highest BCUT2D eigenvalue weighted by Gasteiger charge is 2.12. The molecule has 0 atom stereocenters. The van der Waals surface area contributed by atoms with E-state index in [1.807, 2.05) is 30.3 Å². The third-order valence-electron chi connectivity index (χ3n) is 4.23. The molecule has 2 heterocycles. The summed E-state index contributed by atoms with van der Waals surface area (Å²) in [7, 11) is 0. The molecule has 1 aromatic heterocycles. The zero-order chi connectivity index (χ0) is 17.8. The number of nitrogens with one attached hydrogen (secondary N) is 2. The summed E-state index contributed by atoms with van der Waals surface area (Å²) in [6, 6.07) is 15.0. The number of H-pyrrole nitrogens is 1. The maximum atomic E-state index is 12.5. The minimum Gasteiger partial charge on any atom is -0.378 e. The molecule has 8 heteroatoms. The van der Waals surface area contributed by atoms with E-state index in [1.165, 1.54) is 0 Å². The third-order valence-corrected chi connectivity index (χ3v) is 4.23. The fraction of sp³-hybridized carbons (Fsp3) is 0.222. The first kappa shape index (κ1) is 16.2. The van der Waals surface area contributed by atoms with E-state index in [0.29, 0.717) is 11.4 Å². The topological polar surface area (TPSA) is 96.0 Å². The lowest BCUT2D eigenvalue weighted by atomic mass is 10.1. The van der Waals surface area contributed by atoms with Crippen LogP contribution >= 0.6 is 0 Å². The predicted molar refractivity (Wildman–Crippen MR) is 97.0 cm³/mol. The Morgan fingerprint density at radius 2 is 1.92 bits per heavy atom. The minimum absolute atomic E-state index is 0.186. The van der Waals surface area contributed by atoms with Crippen molar-refractivity contribution in [3.8, 4) is 11.4 Å². The van der Waals surface area contributed by atoms with Crippen LogP contribution in [-0.4, -0.2) is 52.8 Å². The van der Waals surface area contributed by atoms with E-state index in [4.69, 9.17) is 4.74 Å². The van der Waals surface area contributed by atoms with E-state index in [9.17, 15) is 4.79 Å². The zero-order valence-corrected chi connectivity index (χ0v) is 14.1. The average molecular weight is 350 g/mol. The molecule has 26 heavy (non-hydrogen) atoms. The van der Waals surface area contributed by atoms with Crippen molar-refractivity contribution in [2.45, 2.75) is 0 Å². The standard InChI is InChI=1S/C18H18N6O2/c25-18(14-3-1-2-13(12-14)17-20-22-23-21-17)19-15-4-6-16(7-5-15)24-8-10-26-11-9-24/h1-7,12H,8-11H2,(H,19,25)(H,20,21,22,23). The van der Waals surface area contributed by atoms with Gasteiger partial charge in [0.2, 0.25) is 5.82 Å². The smallest absolute Gasteiger partial charge is 0.255 e. The number of morpholine rings is 1. The van der Waals surface area contributed by atoms with Crippen LogP contribution < -0.4 is 10.2 Å². The van der Waals surface area contributed by atoms with Crippen molar-refractivity contribution < 1.29 is 9.53 Å². The lowest BCUT2D eigenvalue weighted by Crippen LogP contribution is -2.36. The first-order valence-electron chi connectivity index (χ1n) is 8.37. The van der Waals surface area contributed by atoms with E-state index in [-0.39, 0.29) is 5.91 Å². The van der Waals surface area contributed by atoms with Crippen molar-refractivity contribution >= 4 is 17.3 Å². The number of hydrogen-bond donors (Lipinski definition) is 2. The van der Waals surface area contributed by atoms with Gasteiger partial charge in [0.05, 0.1) is 13.2 Å². The molecule has 1 aliphatic heterocycles. The molecule has 2 N–H and O–H groups in total. The second-order valence-corrected chi connectivity index (χ2v) is 5.92. The second-order valence-electron chi connectivity index (χ2n) is 5.92. The van der Waals surface area contributed by atoms with Crippen LogP contribution in [0.2, 0.25) is 0 Å². The van der Waals surface area contributed by atoms with Crippen LogP contribution in [0.15, 0.2) is 48.5 Å². The number of aromatic nitrogens is 4. The molecule has 1 fully saturated rings. The summed E-state index contributed by atoms with van der Waals surface area (Å²) in [5.74, 6) is 0.268. The number of anilines is 2. The molecule has 132 valence electrons. The van der Waals surface area contributed by atoms with Crippen molar-refractivity contribution in [1.82, 2.24) is 20.6 Å². The maximum absolute atomic E-state index is 12.5. The lowest BCUT2D eigenvalue weighted by Gasteiger charge is -2.28. The summed E-state index contributed by atoms with van der Waals surface area (Å²) >= 11 is 0. The van der Waals surface area contributed by atoms with Gasteiger partial charge in [-0.3, -0.25) is 4.79 Å². The molecule has 0 saturated carbocycles. The van der Waals surface area contributed by atoms with Crippen LogP contribution in [0.3, 0.4) is 0 Å². The number of carbonyl (C=O) groups is 1. The molecule has 1 aliphatic rings. The van der Waals surface area contributed by atoms with Gasteiger partial charge < -0.3 is 15.0 Å². The van der Waals surface area contributed by atoms with Crippen LogP contribution in [0.5, 0.6) is 0 Å². The van der Waals surface area contributed by atoms with Crippen LogP contribution in [0.4, 0.5) is 11.4 Å². The van der Waals surface area contributed by atoms with E-state index in [0.717, 1.165) is 43.2 Å². The highest BCUT2D eigenvalue weighted by Crippen LogP contribution is 2.20. The van der Waals surface area contributed by atoms with Gasteiger partial charge >= 0.3 is 0 Å². The maximum Gasteiger partial charge on any atom is 0.255 e. The van der Waals surface area contributed by atoms with Gasteiger partial charge in [-0.25, -0.2) is 0 Å². The normalized spacial score (nSPS) is 14.2. The zero-order valence-electron chi connectivity index (χ0n) is 14.1. The summed E-state index contributed by atoms with van der Waals surface area (Å²) in [6.07, 6.45) is 0. The van der Waals surface area contributed by atoms with Crippen molar-refractivity contribution in [2.75, 3.05) is 36.5 Å². The minimum atomic E-state index is -0.186. The summed E-state index contributed by atoms with van der Waals surface area (Å²) in [5, 5.41) is 16.7. The first-order valence-corrected chi connectivity index (χ1v) is 8.37. The number of hydrogen-bond acceptors (Lipinski definition) is 6. The lowest BCUT2D eigenvalue weighted by molar-refractivity contribution is 0.102. The number of ether oxygens (including phenoxy) is 1. The van der Waals surface area contributed by atoms with Crippen molar-refractivity contribution in [2.24, 2.45) is 0 Å². The Balaban J connectivity index is 1.45. The molecule has 2 aromatic carbocycles. The summed E-state index contributed by atoms with van der Waals surface area (Å²) < 4.78 is 5.37. The molecule has 0 spiro atoms. The Labute approximate surface area is 150 Å². The van der Waals surface area contributed by atoms with Gasteiger partial charge in [0, 0.05) is 35.6 Å². The molecule has 8 nitrogen and oxygen atoms in total. The Kier molecular flexibility index (Phi) is 4.57. The first-order chi connectivity index (χ1) is 12.8. The summed E-state index contributed by atoms with van der Waals surface area (Å²) in [4.78, 5) is 14.8. The van der Waals surface area contributed by atoms with Gasteiger partial charge in [0.15, 0.2) is 0 Å². The SMILES string of the molecule is O=C(Nc1ccc(N2CCOCC2)cc1)c1cccc(-c2nn[nH]n2)c1. The number of aromatic amines is 1. The number of tetrazole rings is 1.